The lowest BCUT2D eigenvalue weighted by Gasteiger charge is -2.16. The van der Waals surface area contributed by atoms with E-state index >= 15 is 0 Å². The van der Waals surface area contributed by atoms with Gasteiger partial charge in [0.15, 0.2) is 5.78 Å². The quantitative estimate of drug-likeness (QED) is 0.290. The van der Waals surface area contributed by atoms with E-state index in [4.69, 9.17) is 4.98 Å². The van der Waals surface area contributed by atoms with Gasteiger partial charge in [0, 0.05) is 42.1 Å². The molecule has 0 unspecified atom stereocenters. The van der Waals surface area contributed by atoms with Crippen LogP contribution in [-0.2, 0) is 24.7 Å². The number of allylic oxidation sites excluding steroid dienone is 1. The lowest BCUT2D eigenvalue weighted by Crippen LogP contribution is -2.15. The van der Waals surface area contributed by atoms with Crippen LogP contribution in [0.5, 0.6) is 0 Å². The molecule has 0 amide bonds. The maximum Gasteiger partial charge on any atom is 0.167 e. The van der Waals surface area contributed by atoms with Crippen molar-refractivity contribution in [2.75, 3.05) is 0 Å². The number of fused-ring (bicyclic) bond motifs is 1. The third kappa shape index (κ3) is 4.96. The molecule has 2 aromatic carbocycles. The molecule has 0 bridgehead atoms. The Kier molecular flexibility index (Phi) is 6.50. The smallest absolute Gasteiger partial charge is 0.167 e. The minimum atomic E-state index is -0.646. The van der Waals surface area contributed by atoms with Gasteiger partial charge in [-0.1, -0.05) is 48.6 Å². The van der Waals surface area contributed by atoms with Crippen LogP contribution in [0.3, 0.4) is 0 Å². The van der Waals surface area contributed by atoms with Crippen molar-refractivity contribution in [2.24, 2.45) is 0 Å². The van der Waals surface area contributed by atoms with Crippen LogP contribution in [0.25, 0.3) is 17.3 Å². The average molecular weight is 485 g/mol. The number of nitriles is 1. The third-order valence-corrected chi connectivity index (χ3v) is 7.03. The van der Waals surface area contributed by atoms with Crippen molar-refractivity contribution in [2.45, 2.75) is 45.4 Å². The highest BCUT2D eigenvalue weighted by Gasteiger charge is 2.21. The molecule has 1 aliphatic carbocycles. The Bertz CT molecular complexity index is 1580. The second kappa shape index (κ2) is 9.91. The van der Waals surface area contributed by atoms with Gasteiger partial charge < -0.3 is 0 Å². The van der Waals surface area contributed by atoms with Crippen LogP contribution in [0.15, 0.2) is 73.2 Å². The van der Waals surface area contributed by atoms with Gasteiger partial charge in [-0.25, -0.2) is 9.97 Å². The van der Waals surface area contributed by atoms with Crippen molar-refractivity contribution < 1.29 is 4.79 Å². The fourth-order valence-corrected chi connectivity index (χ4v) is 4.71. The molecule has 37 heavy (non-hydrogen) atoms. The van der Waals surface area contributed by atoms with E-state index in [1.165, 1.54) is 0 Å². The molecule has 0 radical (unpaired) electrons. The van der Waals surface area contributed by atoms with Gasteiger partial charge in [0.2, 0.25) is 0 Å². The van der Waals surface area contributed by atoms with Crippen LogP contribution in [0.4, 0.5) is 0 Å². The highest BCUT2D eigenvalue weighted by atomic mass is 16.1. The van der Waals surface area contributed by atoms with Crippen molar-refractivity contribution in [3.05, 3.63) is 118 Å². The minimum Gasteiger partial charge on any atom is -0.294 e. The number of benzene rings is 2. The number of carbonyl (C=O) groups excluding carboxylic acids is 1. The second-order valence-electron chi connectivity index (χ2n) is 10.0. The highest BCUT2D eigenvalue weighted by Crippen LogP contribution is 2.31. The molecule has 0 atom stereocenters. The Hall–Kier alpha value is -4.43. The molecule has 2 heterocycles. The summed E-state index contributed by atoms with van der Waals surface area (Å²) in [6.07, 6.45) is 9.40. The molecule has 0 saturated heterocycles. The summed E-state index contributed by atoms with van der Waals surface area (Å²) in [5.41, 5.74) is 9.03. The van der Waals surface area contributed by atoms with Crippen molar-refractivity contribution in [3.8, 4) is 17.3 Å². The van der Waals surface area contributed by atoms with E-state index in [2.05, 4.69) is 53.3 Å². The van der Waals surface area contributed by atoms with Gasteiger partial charge >= 0.3 is 0 Å². The molecule has 0 fully saturated rings. The first-order valence-electron chi connectivity index (χ1n) is 12.4. The number of nitrogens with zero attached hydrogens (tertiary/aromatic N) is 4. The summed E-state index contributed by atoms with van der Waals surface area (Å²) in [5.74, 6) is 0.0345. The summed E-state index contributed by atoms with van der Waals surface area (Å²) in [6.45, 7) is 5.81. The zero-order valence-corrected chi connectivity index (χ0v) is 21.3. The normalized spacial score (nSPS) is 12.3. The van der Waals surface area contributed by atoms with Crippen molar-refractivity contribution >= 4 is 11.9 Å². The lowest BCUT2D eigenvalue weighted by atomic mass is 9.85. The predicted molar refractivity (Wildman–Crippen MR) is 145 cm³/mol. The molecule has 182 valence electrons. The van der Waals surface area contributed by atoms with Crippen molar-refractivity contribution in [3.63, 3.8) is 0 Å². The maximum absolute atomic E-state index is 13.2. The SMILES string of the molecule is Cc1ccc(CC(=O)c2cccc(C(C)(C)C#N)c2)cc1Cc1ncccc1-c1ncnc2c1C=CC2. The fourth-order valence-electron chi connectivity index (χ4n) is 4.71. The number of carbonyl (C=O) groups is 1. The highest BCUT2D eigenvalue weighted by molar-refractivity contribution is 5.97. The van der Waals surface area contributed by atoms with Crippen molar-refractivity contribution in [1.82, 2.24) is 15.0 Å². The Morgan fingerprint density at radius 2 is 1.92 bits per heavy atom. The molecule has 5 nitrogen and oxygen atoms in total. The van der Waals surface area contributed by atoms with Crippen molar-refractivity contribution in [1.29, 1.82) is 5.26 Å². The zero-order chi connectivity index (χ0) is 26.0. The first-order valence-corrected chi connectivity index (χ1v) is 12.4. The van der Waals surface area contributed by atoms with Gasteiger partial charge in [0.05, 0.1) is 28.6 Å². The number of hydrogen-bond acceptors (Lipinski definition) is 5. The number of pyridine rings is 1. The topological polar surface area (TPSA) is 79.5 Å². The van der Waals surface area contributed by atoms with Gasteiger partial charge in [-0.05, 0) is 61.2 Å². The molecular formula is C32H28N4O. The maximum atomic E-state index is 13.2. The van der Waals surface area contributed by atoms with E-state index in [1.54, 1.807) is 6.33 Å². The first kappa shape index (κ1) is 24.3. The van der Waals surface area contributed by atoms with E-state index in [0.29, 0.717) is 18.4 Å². The van der Waals surface area contributed by atoms with Gasteiger partial charge in [0.1, 0.15) is 6.33 Å². The summed E-state index contributed by atoms with van der Waals surface area (Å²) in [6, 6.07) is 19.9. The second-order valence-corrected chi connectivity index (χ2v) is 10.0. The Morgan fingerprint density at radius 1 is 1.05 bits per heavy atom. The molecular weight excluding hydrogens is 456 g/mol. The van der Waals surface area contributed by atoms with Crippen LogP contribution >= 0.6 is 0 Å². The van der Waals surface area contributed by atoms with Gasteiger partial charge in [-0.3, -0.25) is 9.78 Å². The summed E-state index contributed by atoms with van der Waals surface area (Å²) in [4.78, 5) is 26.9. The number of hydrogen-bond donors (Lipinski definition) is 0. The standard InChI is InChI=1S/C32H28N4O/c1-21-12-13-22(16-30(37)23-7-4-8-25(17-23)32(2,3)19-33)15-24(21)18-29-27(10-6-14-34-29)31-26-9-5-11-28(26)35-20-36-31/h4-10,12-15,17,20H,11,16,18H2,1-3H3. The number of aryl methyl sites for hydroxylation is 1. The number of ketones is 1. The average Bonchev–Trinajstić information content (AvgIpc) is 3.40. The van der Waals surface area contributed by atoms with Crippen LogP contribution in [-0.4, -0.2) is 20.7 Å². The van der Waals surface area contributed by atoms with E-state index in [0.717, 1.165) is 56.9 Å². The fraction of sp³-hybridized carbons (Fsp3) is 0.219. The van der Waals surface area contributed by atoms with Gasteiger partial charge in [-0.2, -0.15) is 5.26 Å². The Labute approximate surface area is 217 Å². The minimum absolute atomic E-state index is 0.0345. The molecule has 0 aliphatic heterocycles. The van der Waals surface area contributed by atoms with Crippen LogP contribution in [0, 0.1) is 18.3 Å². The predicted octanol–water partition coefficient (Wildman–Crippen LogP) is 6.23. The molecule has 0 saturated carbocycles. The molecule has 5 heteroatoms. The van der Waals surface area contributed by atoms with Crippen LogP contribution < -0.4 is 0 Å². The van der Waals surface area contributed by atoms with Gasteiger partial charge in [0.25, 0.3) is 0 Å². The lowest BCUT2D eigenvalue weighted by molar-refractivity contribution is 0.0993. The largest absolute Gasteiger partial charge is 0.294 e. The van der Waals surface area contributed by atoms with E-state index in [-0.39, 0.29) is 5.78 Å². The van der Waals surface area contributed by atoms with Crippen LogP contribution in [0.1, 0.15) is 63.4 Å². The van der Waals surface area contributed by atoms with E-state index in [1.807, 2.05) is 56.4 Å². The van der Waals surface area contributed by atoms with E-state index < -0.39 is 5.41 Å². The number of aromatic nitrogens is 3. The number of rotatable bonds is 7. The molecule has 2 aromatic heterocycles. The molecule has 0 N–H and O–H groups in total. The summed E-state index contributed by atoms with van der Waals surface area (Å²) in [5, 5.41) is 9.48. The summed E-state index contributed by atoms with van der Waals surface area (Å²) in [7, 11) is 0. The van der Waals surface area contributed by atoms with E-state index in [9.17, 15) is 10.1 Å². The third-order valence-electron chi connectivity index (χ3n) is 7.03. The monoisotopic (exact) mass is 484 g/mol. The Morgan fingerprint density at radius 3 is 2.76 bits per heavy atom. The van der Waals surface area contributed by atoms with Gasteiger partial charge in [-0.15, -0.1) is 0 Å². The molecule has 5 rings (SSSR count). The molecule has 1 aliphatic rings. The number of Topliss-reactive ketones (excluding diaryl/α,β-unsaturated/α-hetero) is 1. The Balaban J connectivity index is 1.42. The summed E-state index contributed by atoms with van der Waals surface area (Å²) >= 11 is 0. The first-order chi connectivity index (χ1) is 17.9. The van der Waals surface area contributed by atoms with Crippen LogP contribution in [0.2, 0.25) is 0 Å². The molecule has 0 spiro atoms. The molecule has 4 aromatic rings. The summed E-state index contributed by atoms with van der Waals surface area (Å²) < 4.78 is 0. The zero-order valence-electron chi connectivity index (χ0n) is 21.3.